The van der Waals surface area contributed by atoms with Crippen LogP contribution in [0.5, 0.6) is 0 Å². The van der Waals surface area contributed by atoms with Gasteiger partial charge in [-0.1, -0.05) is 32.9 Å². The average molecular weight is 866 g/mol. The third-order valence-electron chi connectivity index (χ3n) is 14.1. The standard InChI is InChI=1S/C49H55N9O6/c1-4-30-25-34-35(49(2,3)45-43(44(34)61)32-11-10-29(27-50)24-37(32)53-45)26-39(30)57-18-14-31(15-19-57)56-22-20-55(21-23-56)28-41(60)52-17-6-5-16-51-36-9-7-8-33-42(36)48(64)58(47(33)63)38-12-13-40(59)54-46(38)62/h7-11,24-26,31,38,51,53H,4-6,12-23,28H2,1-3H3,(H,52,60)(H,54,59,62). The maximum atomic E-state index is 14.1. The SMILES string of the molecule is CCc1cc2c(cc1N1CCC(N3CCN(CC(=O)NCCCCNc4cccc5c4C(=O)N(C4CCC(=O)NC4=O)C5=O)CC3)CC1)C(C)(C)c1[nH]c3cc(C#N)ccc3c1C2=O. The van der Waals surface area contributed by atoms with Crippen molar-refractivity contribution in [3.05, 3.63) is 93.2 Å². The summed E-state index contributed by atoms with van der Waals surface area (Å²) in [6, 6.07) is 16.6. The second-order valence-electron chi connectivity index (χ2n) is 18.3. The van der Waals surface area contributed by atoms with Gasteiger partial charge in [0.1, 0.15) is 6.04 Å². The van der Waals surface area contributed by atoms with Crippen molar-refractivity contribution in [2.45, 2.75) is 83.2 Å². The van der Waals surface area contributed by atoms with Gasteiger partial charge in [0.05, 0.1) is 34.9 Å². The predicted octanol–water partition coefficient (Wildman–Crippen LogP) is 4.47. The number of piperidine rings is 2. The summed E-state index contributed by atoms with van der Waals surface area (Å²) in [6.07, 6.45) is 4.55. The van der Waals surface area contributed by atoms with Crippen LogP contribution in [0.3, 0.4) is 0 Å². The number of anilines is 2. The van der Waals surface area contributed by atoms with E-state index in [4.69, 9.17) is 0 Å². The Morgan fingerprint density at radius 3 is 2.38 bits per heavy atom. The number of ketones is 1. The fourth-order valence-electron chi connectivity index (χ4n) is 10.5. The summed E-state index contributed by atoms with van der Waals surface area (Å²) in [6.45, 7) is 13.3. The van der Waals surface area contributed by atoms with Crippen molar-refractivity contribution in [1.82, 2.24) is 30.3 Å². The van der Waals surface area contributed by atoms with Crippen LogP contribution in [0.4, 0.5) is 11.4 Å². The summed E-state index contributed by atoms with van der Waals surface area (Å²) in [5.41, 5.74) is 7.78. The molecule has 0 saturated carbocycles. The number of carbonyl (C=O) groups excluding carboxylic acids is 6. The molecule has 4 aromatic rings. The van der Waals surface area contributed by atoms with E-state index in [2.05, 4.69) is 74.6 Å². The summed E-state index contributed by atoms with van der Waals surface area (Å²) in [5.74, 6) is -2.09. The molecule has 0 spiro atoms. The summed E-state index contributed by atoms with van der Waals surface area (Å²) < 4.78 is 0. The quantitative estimate of drug-likeness (QED) is 0.116. The number of nitrogens with one attached hydrogen (secondary N) is 4. The first-order valence-electron chi connectivity index (χ1n) is 22.7. The Kier molecular flexibility index (Phi) is 11.6. The molecule has 0 radical (unpaired) electrons. The number of hydrogen-bond donors (Lipinski definition) is 4. The Hall–Kier alpha value is -6.37. The van der Waals surface area contributed by atoms with Gasteiger partial charge in [-0.25, -0.2) is 0 Å². The first kappa shape index (κ1) is 42.9. The molecular formula is C49H55N9O6. The number of fused-ring (bicyclic) bond motifs is 5. The van der Waals surface area contributed by atoms with Crippen molar-refractivity contribution in [2.24, 2.45) is 0 Å². The maximum Gasteiger partial charge on any atom is 0.264 e. The second kappa shape index (κ2) is 17.3. The van der Waals surface area contributed by atoms with Crippen molar-refractivity contribution >= 4 is 57.6 Å². The minimum absolute atomic E-state index is 0.00352. The van der Waals surface area contributed by atoms with Gasteiger partial charge in [0.2, 0.25) is 17.7 Å². The van der Waals surface area contributed by atoms with Crippen LogP contribution in [-0.4, -0.2) is 126 Å². The van der Waals surface area contributed by atoms with Crippen molar-refractivity contribution in [3.8, 4) is 6.07 Å². The highest BCUT2D eigenvalue weighted by molar-refractivity contribution is 6.25. The molecule has 9 rings (SSSR count). The molecule has 1 atom stereocenters. The summed E-state index contributed by atoms with van der Waals surface area (Å²) in [4.78, 5) is 89.4. The summed E-state index contributed by atoms with van der Waals surface area (Å²) in [5, 5.41) is 18.9. The van der Waals surface area contributed by atoms with Crippen molar-refractivity contribution in [3.63, 3.8) is 0 Å². The minimum atomic E-state index is -1.01. The number of aryl methyl sites for hydroxylation is 1. The number of piperazine rings is 1. The number of rotatable bonds is 12. The highest BCUT2D eigenvalue weighted by atomic mass is 16.2. The molecule has 64 heavy (non-hydrogen) atoms. The molecule has 1 aromatic heterocycles. The highest BCUT2D eigenvalue weighted by Gasteiger charge is 2.46. The summed E-state index contributed by atoms with van der Waals surface area (Å²) >= 11 is 0. The fourth-order valence-corrected chi connectivity index (χ4v) is 10.5. The molecule has 15 heteroatoms. The molecule has 5 heterocycles. The molecule has 5 aliphatic rings. The molecule has 1 aliphatic carbocycles. The van der Waals surface area contributed by atoms with Crippen LogP contribution >= 0.6 is 0 Å². The number of aromatic amines is 1. The fraction of sp³-hybridized carbons (Fsp3) is 0.449. The molecule has 4 aliphatic heterocycles. The van der Waals surface area contributed by atoms with E-state index < -0.39 is 35.1 Å². The first-order chi connectivity index (χ1) is 30.9. The number of unbranched alkanes of at least 4 members (excludes halogenated alkanes) is 1. The number of carbonyl (C=O) groups is 6. The van der Waals surface area contributed by atoms with Crippen LogP contribution in [0.15, 0.2) is 48.5 Å². The molecule has 5 amide bonds. The normalized spacial score (nSPS) is 20.2. The Labute approximate surface area is 372 Å². The van der Waals surface area contributed by atoms with Crippen LogP contribution in [-0.2, 0) is 26.2 Å². The van der Waals surface area contributed by atoms with E-state index in [0.717, 1.165) is 104 Å². The monoisotopic (exact) mass is 865 g/mol. The zero-order chi connectivity index (χ0) is 44.9. The van der Waals surface area contributed by atoms with E-state index in [1.807, 2.05) is 12.1 Å². The van der Waals surface area contributed by atoms with Gasteiger partial charge < -0.3 is 20.5 Å². The van der Waals surface area contributed by atoms with E-state index in [9.17, 15) is 34.0 Å². The third kappa shape index (κ3) is 7.72. The molecule has 15 nitrogen and oxygen atoms in total. The van der Waals surface area contributed by atoms with Gasteiger partial charge in [0.25, 0.3) is 11.8 Å². The van der Waals surface area contributed by atoms with E-state index >= 15 is 0 Å². The molecule has 1 unspecified atom stereocenters. The van der Waals surface area contributed by atoms with Crippen LogP contribution in [0.1, 0.15) is 118 Å². The second-order valence-corrected chi connectivity index (χ2v) is 18.3. The lowest BCUT2D eigenvalue weighted by Gasteiger charge is -2.44. The number of nitriles is 1. The lowest BCUT2D eigenvalue weighted by Crippen LogP contribution is -2.54. The van der Waals surface area contributed by atoms with Crippen molar-refractivity contribution < 1.29 is 28.8 Å². The van der Waals surface area contributed by atoms with Crippen molar-refractivity contribution in [1.29, 1.82) is 5.26 Å². The topological polar surface area (TPSA) is 191 Å². The van der Waals surface area contributed by atoms with Gasteiger partial charge in [0, 0.05) is 104 Å². The molecule has 332 valence electrons. The molecule has 3 saturated heterocycles. The summed E-state index contributed by atoms with van der Waals surface area (Å²) in [7, 11) is 0. The molecule has 4 N–H and O–H groups in total. The third-order valence-corrected chi connectivity index (χ3v) is 14.1. The Bertz CT molecular complexity index is 2630. The first-order valence-corrected chi connectivity index (χ1v) is 22.7. The zero-order valence-electron chi connectivity index (χ0n) is 36.8. The number of nitrogens with zero attached hydrogens (tertiary/aromatic N) is 5. The van der Waals surface area contributed by atoms with Gasteiger partial charge >= 0.3 is 0 Å². The van der Waals surface area contributed by atoms with E-state index in [1.165, 1.54) is 11.3 Å². The Morgan fingerprint density at radius 2 is 1.64 bits per heavy atom. The zero-order valence-corrected chi connectivity index (χ0v) is 36.8. The lowest BCUT2D eigenvalue weighted by molar-refractivity contribution is -0.136. The molecule has 3 aromatic carbocycles. The van der Waals surface area contributed by atoms with E-state index in [1.54, 1.807) is 24.3 Å². The molecule has 3 fully saturated rings. The van der Waals surface area contributed by atoms with Gasteiger partial charge in [-0.05, 0) is 86.1 Å². The molecular weight excluding hydrogens is 811 g/mol. The Morgan fingerprint density at radius 1 is 0.875 bits per heavy atom. The van der Waals surface area contributed by atoms with Crippen LogP contribution < -0.4 is 20.9 Å². The largest absolute Gasteiger partial charge is 0.384 e. The van der Waals surface area contributed by atoms with E-state index in [-0.39, 0.29) is 35.7 Å². The number of benzene rings is 3. The van der Waals surface area contributed by atoms with E-state index in [0.29, 0.717) is 42.5 Å². The molecule has 0 bridgehead atoms. The smallest absolute Gasteiger partial charge is 0.264 e. The van der Waals surface area contributed by atoms with Crippen LogP contribution in [0.25, 0.3) is 10.9 Å². The van der Waals surface area contributed by atoms with Gasteiger partial charge in [-0.2, -0.15) is 5.26 Å². The average Bonchev–Trinajstić information content (AvgIpc) is 3.81. The van der Waals surface area contributed by atoms with Gasteiger partial charge in [0.15, 0.2) is 5.78 Å². The number of H-pyrrole nitrogens is 1. The van der Waals surface area contributed by atoms with Crippen molar-refractivity contribution in [2.75, 3.05) is 69.1 Å². The Balaban J connectivity index is 0.715. The number of aromatic nitrogens is 1. The van der Waals surface area contributed by atoms with Crippen LogP contribution in [0, 0.1) is 11.3 Å². The number of hydrogen-bond acceptors (Lipinski definition) is 11. The predicted molar refractivity (Wildman–Crippen MR) is 241 cm³/mol. The lowest BCUT2D eigenvalue weighted by atomic mass is 9.70. The minimum Gasteiger partial charge on any atom is -0.384 e. The van der Waals surface area contributed by atoms with Crippen LogP contribution in [0.2, 0.25) is 0 Å². The maximum absolute atomic E-state index is 14.1. The number of imide groups is 2. The van der Waals surface area contributed by atoms with Gasteiger partial charge in [-0.3, -0.25) is 48.8 Å². The highest BCUT2D eigenvalue weighted by Crippen LogP contribution is 2.46. The van der Waals surface area contributed by atoms with Gasteiger partial charge in [-0.15, -0.1) is 0 Å². The number of amides is 5.